The first kappa shape index (κ1) is 16.5. The molecule has 0 unspecified atom stereocenters. The molecule has 3 aromatic rings. The lowest BCUT2D eigenvalue weighted by molar-refractivity contribution is 0.0364. The first-order valence-electron chi connectivity index (χ1n) is 8.66. The largest absolute Gasteiger partial charge is 0.374 e. The lowest BCUT2D eigenvalue weighted by Crippen LogP contribution is -2.39. The molecule has 1 saturated heterocycles. The third-order valence-corrected chi connectivity index (χ3v) is 4.36. The number of amides is 1. The normalized spacial score (nSPS) is 17.8. The number of ether oxygens (including phenoxy) is 1. The third-order valence-electron chi connectivity index (χ3n) is 4.36. The van der Waals surface area contributed by atoms with Crippen molar-refractivity contribution in [3.05, 3.63) is 60.7 Å². The van der Waals surface area contributed by atoms with Crippen molar-refractivity contribution in [2.45, 2.75) is 19.1 Å². The second-order valence-electron chi connectivity index (χ2n) is 6.19. The van der Waals surface area contributed by atoms with E-state index in [2.05, 4.69) is 15.4 Å². The van der Waals surface area contributed by atoms with Gasteiger partial charge in [-0.2, -0.15) is 5.10 Å². The van der Waals surface area contributed by atoms with E-state index in [9.17, 15) is 4.79 Å². The maximum atomic E-state index is 13.1. The van der Waals surface area contributed by atoms with Gasteiger partial charge < -0.3 is 9.64 Å². The minimum Gasteiger partial charge on any atom is -0.374 e. The van der Waals surface area contributed by atoms with Gasteiger partial charge in [-0.25, -0.2) is 4.68 Å². The predicted molar refractivity (Wildman–Crippen MR) is 93.8 cm³/mol. The van der Waals surface area contributed by atoms with E-state index in [-0.39, 0.29) is 12.0 Å². The summed E-state index contributed by atoms with van der Waals surface area (Å²) in [5.74, 6) is -0.0881. The van der Waals surface area contributed by atoms with Gasteiger partial charge in [0.25, 0.3) is 5.91 Å². The average Bonchev–Trinajstić information content (AvgIpc) is 3.31. The van der Waals surface area contributed by atoms with Crippen LogP contribution >= 0.6 is 0 Å². The van der Waals surface area contributed by atoms with E-state index < -0.39 is 0 Å². The highest BCUT2D eigenvalue weighted by molar-refractivity contribution is 5.92. The highest BCUT2D eigenvalue weighted by atomic mass is 16.5. The summed E-state index contributed by atoms with van der Waals surface area (Å²) in [6.45, 7) is 2.41. The Hall–Kier alpha value is -3.00. The molecule has 0 radical (unpaired) electrons. The zero-order chi connectivity index (χ0) is 17.8. The topological polar surface area (TPSA) is 78.1 Å². The van der Waals surface area contributed by atoms with E-state index in [1.807, 2.05) is 52.2 Å². The molecule has 0 saturated carbocycles. The van der Waals surface area contributed by atoms with E-state index in [1.165, 1.54) is 6.20 Å². The van der Waals surface area contributed by atoms with Gasteiger partial charge in [-0.15, -0.1) is 5.10 Å². The van der Waals surface area contributed by atoms with Crippen LogP contribution in [0.4, 0.5) is 0 Å². The van der Waals surface area contributed by atoms with Gasteiger partial charge in [0.2, 0.25) is 0 Å². The minimum absolute atomic E-state index is 0.0881. The van der Waals surface area contributed by atoms with Crippen LogP contribution in [0.25, 0.3) is 5.69 Å². The fraction of sp³-hybridized carbons (Fsp3) is 0.333. The quantitative estimate of drug-likeness (QED) is 0.709. The van der Waals surface area contributed by atoms with E-state index in [0.717, 1.165) is 12.1 Å². The number of benzene rings is 1. The second-order valence-corrected chi connectivity index (χ2v) is 6.19. The molecule has 1 atom stereocenters. The summed E-state index contributed by atoms with van der Waals surface area (Å²) in [5.41, 5.74) is 1.27. The molecule has 134 valence electrons. The number of nitrogens with zero attached hydrogens (tertiary/aromatic N) is 6. The molecular weight excluding hydrogens is 332 g/mol. The smallest absolute Gasteiger partial charge is 0.274 e. The molecule has 4 rings (SSSR count). The molecule has 1 aliphatic heterocycles. The van der Waals surface area contributed by atoms with Gasteiger partial charge >= 0.3 is 0 Å². The van der Waals surface area contributed by atoms with Gasteiger partial charge in [0.1, 0.15) is 0 Å². The van der Waals surface area contributed by atoms with Crippen molar-refractivity contribution >= 4 is 5.91 Å². The van der Waals surface area contributed by atoms with Gasteiger partial charge in [0, 0.05) is 32.1 Å². The summed E-state index contributed by atoms with van der Waals surface area (Å²) in [6, 6.07) is 11.4. The van der Waals surface area contributed by atoms with Gasteiger partial charge in [0.05, 0.1) is 24.5 Å². The van der Waals surface area contributed by atoms with Crippen LogP contribution in [-0.4, -0.2) is 61.4 Å². The Balaban J connectivity index is 1.53. The summed E-state index contributed by atoms with van der Waals surface area (Å²) >= 11 is 0. The summed E-state index contributed by atoms with van der Waals surface area (Å²) in [6.07, 6.45) is 5.86. The molecule has 0 spiro atoms. The number of aromatic nitrogens is 5. The highest BCUT2D eigenvalue weighted by Crippen LogP contribution is 2.14. The van der Waals surface area contributed by atoms with Crippen molar-refractivity contribution in [2.24, 2.45) is 0 Å². The summed E-state index contributed by atoms with van der Waals surface area (Å²) in [4.78, 5) is 14.9. The molecule has 3 heterocycles. The van der Waals surface area contributed by atoms with E-state index in [4.69, 9.17) is 4.74 Å². The molecule has 1 aliphatic rings. The first-order chi connectivity index (χ1) is 12.8. The molecule has 0 bridgehead atoms. The second kappa shape index (κ2) is 7.49. The molecular formula is C18H20N6O2. The minimum atomic E-state index is -0.0950. The molecule has 0 aliphatic carbocycles. The SMILES string of the molecule is O=C(c1cnnn1-c1ccccc1)N1CCCO[C@@H](Cn2cccn2)C1. The van der Waals surface area contributed by atoms with Crippen molar-refractivity contribution in [1.82, 2.24) is 29.7 Å². The number of hydrogen-bond donors (Lipinski definition) is 0. The molecule has 1 fully saturated rings. The molecule has 0 N–H and O–H groups in total. The molecule has 2 aromatic heterocycles. The Morgan fingerprint density at radius 1 is 1.23 bits per heavy atom. The predicted octanol–water partition coefficient (Wildman–Crippen LogP) is 1.40. The van der Waals surface area contributed by atoms with Crippen molar-refractivity contribution in [2.75, 3.05) is 19.7 Å². The number of para-hydroxylation sites is 1. The molecule has 26 heavy (non-hydrogen) atoms. The summed E-state index contributed by atoms with van der Waals surface area (Å²) in [5, 5.41) is 12.2. The molecule has 8 heteroatoms. The van der Waals surface area contributed by atoms with E-state index in [1.54, 1.807) is 10.9 Å². The van der Waals surface area contributed by atoms with Gasteiger partial charge in [-0.1, -0.05) is 23.4 Å². The standard InChI is InChI=1S/C18H20N6O2/c25-18(17-12-19-21-24(17)15-6-2-1-3-7-15)22-9-5-11-26-16(13-22)14-23-10-4-8-20-23/h1-4,6-8,10,12,16H,5,9,11,13-14H2/t16-/m1/s1. The highest BCUT2D eigenvalue weighted by Gasteiger charge is 2.26. The monoisotopic (exact) mass is 352 g/mol. The Kier molecular flexibility index (Phi) is 4.74. The first-order valence-corrected chi connectivity index (χ1v) is 8.66. The zero-order valence-corrected chi connectivity index (χ0v) is 14.3. The zero-order valence-electron chi connectivity index (χ0n) is 14.3. The van der Waals surface area contributed by atoms with Crippen LogP contribution in [0, 0.1) is 0 Å². The Bertz CT molecular complexity index is 846. The number of carbonyl (C=O) groups is 1. The fourth-order valence-electron chi connectivity index (χ4n) is 3.11. The molecule has 1 amide bonds. The van der Waals surface area contributed by atoms with E-state index in [0.29, 0.717) is 31.9 Å². The summed E-state index contributed by atoms with van der Waals surface area (Å²) in [7, 11) is 0. The van der Waals surface area contributed by atoms with Crippen LogP contribution in [0.5, 0.6) is 0 Å². The number of rotatable bonds is 4. The lowest BCUT2D eigenvalue weighted by atomic mass is 10.2. The number of hydrogen-bond acceptors (Lipinski definition) is 5. The van der Waals surface area contributed by atoms with Gasteiger partial charge in [-0.3, -0.25) is 9.48 Å². The van der Waals surface area contributed by atoms with Crippen molar-refractivity contribution < 1.29 is 9.53 Å². The molecule has 8 nitrogen and oxygen atoms in total. The molecule has 1 aromatic carbocycles. The van der Waals surface area contributed by atoms with Crippen molar-refractivity contribution in [1.29, 1.82) is 0 Å². The average molecular weight is 352 g/mol. The Morgan fingerprint density at radius 2 is 2.12 bits per heavy atom. The Labute approximate surface area is 151 Å². The maximum Gasteiger partial charge on any atom is 0.274 e. The van der Waals surface area contributed by atoms with Crippen LogP contribution in [0.2, 0.25) is 0 Å². The van der Waals surface area contributed by atoms with E-state index >= 15 is 0 Å². The summed E-state index contributed by atoms with van der Waals surface area (Å²) < 4.78 is 9.30. The maximum absolute atomic E-state index is 13.1. The van der Waals surface area contributed by atoms with Crippen LogP contribution in [0.3, 0.4) is 0 Å². The van der Waals surface area contributed by atoms with Crippen LogP contribution in [-0.2, 0) is 11.3 Å². The lowest BCUT2D eigenvalue weighted by Gasteiger charge is -2.24. The fourth-order valence-corrected chi connectivity index (χ4v) is 3.11. The van der Waals surface area contributed by atoms with Gasteiger partial charge in [0.15, 0.2) is 5.69 Å². The van der Waals surface area contributed by atoms with Crippen molar-refractivity contribution in [3.8, 4) is 5.69 Å². The number of carbonyl (C=O) groups excluding carboxylic acids is 1. The Morgan fingerprint density at radius 3 is 2.92 bits per heavy atom. The van der Waals surface area contributed by atoms with Crippen LogP contribution in [0.15, 0.2) is 55.0 Å². The van der Waals surface area contributed by atoms with Crippen molar-refractivity contribution in [3.63, 3.8) is 0 Å². The van der Waals surface area contributed by atoms with Crippen LogP contribution in [0.1, 0.15) is 16.9 Å². The van der Waals surface area contributed by atoms with Gasteiger partial charge in [-0.05, 0) is 24.6 Å². The van der Waals surface area contributed by atoms with Crippen LogP contribution < -0.4 is 0 Å². The third kappa shape index (κ3) is 3.50.